The zero-order valence-electron chi connectivity index (χ0n) is 15.3. The van der Waals surface area contributed by atoms with Gasteiger partial charge in [-0.3, -0.25) is 24.1 Å². The Morgan fingerprint density at radius 1 is 1.36 bits per heavy atom. The van der Waals surface area contributed by atoms with Gasteiger partial charge in [0.15, 0.2) is 0 Å². The second-order valence-corrected chi connectivity index (χ2v) is 7.27. The third-order valence-electron chi connectivity index (χ3n) is 5.69. The van der Waals surface area contributed by atoms with E-state index >= 15 is 0 Å². The van der Waals surface area contributed by atoms with Crippen molar-refractivity contribution in [2.24, 2.45) is 7.05 Å². The van der Waals surface area contributed by atoms with Crippen LogP contribution in [-0.4, -0.2) is 76.7 Å². The summed E-state index contributed by atoms with van der Waals surface area (Å²) in [6.45, 7) is 5.59. The predicted molar refractivity (Wildman–Crippen MR) is 95.2 cm³/mol. The smallest absolute Gasteiger partial charge is 0.238 e. The molecule has 1 aromatic rings. The molecule has 8 nitrogen and oxygen atoms in total. The van der Waals surface area contributed by atoms with Crippen LogP contribution < -0.4 is 10.6 Å². The van der Waals surface area contributed by atoms with E-state index in [9.17, 15) is 9.59 Å². The number of anilines is 1. The van der Waals surface area contributed by atoms with E-state index in [2.05, 4.69) is 32.6 Å². The van der Waals surface area contributed by atoms with Crippen LogP contribution in [0.2, 0.25) is 0 Å². The van der Waals surface area contributed by atoms with E-state index in [1.807, 2.05) is 14.0 Å². The highest BCUT2D eigenvalue weighted by Crippen LogP contribution is 2.30. The summed E-state index contributed by atoms with van der Waals surface area (Å²) >= 11 is 0. The van der Waals surface area contributed by atoms with Crippen molar-refractivity contribution in [1.82, 2.24) is 24.9 Å². The van der Waals surface area contributed by atoms with Crippen LogP contribution in [0.1, 0.15) is 25.0 Å². The first kappa shape index (κ1) is 17.9. The van der Waals surface area contributed by atoms with E-state index in [0.29, 0.717) is 19.5 Å². The maximum atomic E-state index is 12.4. The number of nitrogens with one attached hydrogen (secondary N) is 2. The van der Waals surface area contributed by atoms with Gasteiger partial charge >= 0.3 is 0 Å². The van der Waals surface area contributed by atoms with Gasteiger partial charge in [-0.2, -0.15) is 5.10 Å². The lowest BCUT2D eigenvalue weighted by molar-refractivity contribution is -0.121. The molecule has 1 spiro atoms. The molecule has 1 aromatic heterocycles. The average molecular weight is 348 g/mol. The maximum Gasteiger partial charge on any atom is 0.238 e. The van der Waals surface area contributed by atoms with Crippen molar-refractivity contribution in [3.8, 4) is 0 Å². The number of nitrogens with zero attached hydrogens (tertiary/aromatic N) is 4. The summed E-state index contributed by atoms with van der Waals surface area (Å²) < 4.78 is 1.75. The number of aromatic nitrogens is 2. The monoisotopic (exact) mass is 348 g/mol. The van der Waals surface area contributed by atoms with Crippen molar-refractivity contribution in [2.45, 2.75) is 31.7 Å². The molecule has 3 rings (SSSR count). The molecule has 2 aliphatic rings. The molecule has 2 aliphatic heterocycles. The highest BCUT2D eigenvalue weighted by molar-refractivity contribution is 5.92. The van der Waals surface area contributed by atoms with Crippen LogP contribution in [0.25, 0.3) is 0 Å². The Kier molecular flexibility index (Phi) is 5.10. The number of rotatable bonds is 3. The number of carbonyl (C=O) groups is 2. The van der Waals surface area contributed by atoms with Crippen molar-refractivity contribution in [1.29, 1.82) is 0 Å². The Balaban J connectivity index is 1.62. The van der Waals surface area contributed by atoms with Gasteiger partial charge in [0.2, 0.25) is 11.8 Å². The first-order valence-electron chi connectivity index (χ1n) is 8.88. The topological polar surface area (TPSA) is 82.5 Å². The molecule has 1 atom stereocenters. The van der Waals surface area contributed by atoms with Crippen molar-refractivity contribution in [3.05, 3.63) is 11.9 Å². The lowest BCUT2D eigenvalue weighted by Crippen LogP contribution is -2.61. The standard InChI is InChI=1S/C17H28N6O2/c1-13-14(10-19-22(13)3)20-16(25)11-23-9-8-21(2)17(12-23)5-4-15(24)18-7-6-17/h10H,4-9,11-12H2,1-3H3,(H,18,24)(H,20,25)/t17-/m0/s1. The molecule has 138 valence electrons. The first-order valence-corrected chi connectivity index (χ1v) is 8.88. The molecule has 0 radical (unpaired) electrons. The van der Waals surface area contributed by atoms with Crippen LogP contribution in [0.3, 0.4) is 0 Å². The van der Waals surface area contributed by atoms with Crippen LogP contribution in [0, 0.1) is 6.92 Å². The second kappa shape index (κ2) is 7.13. The van der Waals surface area contributed by atoms with Gasteiger partial charge in [0, 0.05) is 45.2 Å². The van der Waals surface area contributed by atoms with Gasteiger partial charge in [-0.05, 0) is 26.8 Å². The molecule has 2 amide bonds. The Morgan fingerprint density at radius 2 is 2.16 bits per heavy atom. The summed E-state index contributed by atoms with van der Waals surface area (Å²) in [5.41, 5.74) is 1.68. The minimum Gasteiger partial charge on any atom is -0.356 e. The number of hydrogen-bond acceptors (Lipinski definition) is 5. The van der Waals surface area contributed by atoms with E-state index in [1.165, 1.54) is 0 Å². The summed E-state index contributed by atoms with van der Waals surface area (Å²) in [4.78, 5) is 28.7. The lowest BCUT2D eigenvalue weighted by atomic mass is 9.86. The number of carbonyl (C=O) groups excluding carboxylic acids is 2. The molecular formula is C17H28N6O2. The molecule has 0 unspecified atom stereocenters. The molecule has 8 heteroatoms. The minimum atomic E-state index is -0.0259. The summed E-state index contributed by atoms with van der Waals surface area (Å²) in [5.74, 6) is 0.117. The molecule has 2 N–H and O–H groups in total. The largest absolute Gasteiger partial charge is 0.356 e. The molecule has 0 aliphatic carbocycles. The van der Waals surface area contributed by atoms with Gasteiger partial charge in [-0.15, -0.1) is 0 Å². The third kappa shape index (κ3) is 3.85. The molecule has 0 saturated carbocycles. The summed E-state index contributed by atoms with van der Waals surface area (Å²) in [7, 11) is 3.99. The van der Waals surface area contributed by atoms with Crippen molar-refractivity contribution in [2.75, 3.05) is 45.1 Å². The number of likely N-dealkylation sites (N-methyl/N-ethyl adjacent to an activating group) is 1. The average Bonchev–Trinajstić information content (AvgIpc) is 2.77. The van der Waals surface area contributed by atoms with Crippen LogP contribution in [0.4, 0.5) is 5.69 Å². The minimum absolute atomic E-state index is 0.0152. The quantitative estimate of drug-likeness (QED) is 0.801. The van der Waals surface area contributed by atoms with Gasteiger partial charge in [-0.25, -0.2) is 0 Å². The molecule has 2 saturated heterocycles. The predicted octanol–water partition coefficient (Wildman–Crippen LogP) is -0.0467. The Morgan fingerprint density at radius 3 is 2.88 bits per heavy atom. The fourth-order valence-corrected chi connectivity index (χ4v) is 3.83. The second-order valence-electron chi connectivity index (χ2n) is 7.27. The lowest BCUT2D eigenvalue weighted by Gasteiger charge is -2.49. The SMILES string of the molecule is Cc1c(NC(=O)CN2CCN(C)[C@@]3(CCNC(=O)CC3)C2)cnn1C. The van der Waals surface area contributed by atoms with E-state index < -0.39 is 0 Å². The number of hydrogen-bond donors (Lipinski definition) is 2. The zero-order chi connectivity index (χ0) is 18.0. The van der Waals surface area contributed by atoms with E-state index in [-0.39, 0.29) is 17.4 Å². The normalized spacial score (nSPS) is 25.6. The van der Waals surface area contributed by atoms with Crippen molar-refractivity contribution < 1.29 is 9.59 Å². The Bertz CT molecular complexity index is 658. The van der Waals surface area contributed by atoms with Gasteiger partial charge < -0.3 is 10.6 Å². The van der Waals surface area contributed by atoms with Crippen molar-refractivity contribution in [3.63, 3.8) is 0 Å². The summed E-state index contributed by atoms with van der Waals surface area (Å²) in [6.07, 6.45) is 4.00. The van der Waals surface area contributed by atoms with Crippen LogP contribution >= 0.6 is 0 Å². The zero-order valence-corrected chi connectivity index (χ0v) is 15.3. The van der Waals surface area contributed by atoms with Gasteiger partial charge in [0.1, 0.15) is 0 Å². The van der Waals surface area contributed by atoms with Crippen molar-refractivity contribution >= 4 is 17.5 Å². The van der Waals surface area contributed by atoms with Gasteiger partial charge in [-0.1, -0.05) is 0 Å². The highest BCUT2D eigenvalue weighted by Gasteiger charge is 2.41. The van der Waals surface area contributed by atoms with Gasteiger partial charge in [0.25, 0.3) is 0 Å². The van der Waals surface area contributed by atoms with Crippen LogP contribution in [0.15, 0.2) is 6.20 Å². The first-order chi connectivity index (χ1) is 11.9. The van der Waals surface area contributed by atoms with E-state index in [0.717, 1.165) is 43.9 Å². The molecule has 0 bridgehead atoms. The number of aryl methyl sites for hydroxylation is 1. The summed E-state index contributed by atoms with van der Waals surface area (Å²) in [6, 6.07) is 0. The molecule has 2 fully saturated rings. The van der Waals surface area contributed by atoms with Crippen LogP contribution in [-0.2, 0) is 16.6 Å². The highest BCUT2D eigenvalue weighted by atomic mass is 16.2. The maximum absolute atomic E-state index is 12.4. The number of amides is 2. The summed E-state index contributed by atoms with van der Waals surface area (Å²) in [5, 5.41) is 10.1. The van der Waals surface area contributed by atoms with E-state index in [1.54, 1.807) is 10.9 Å². The van der Waals surface area contributed by atoms with Gasteiger partial charge in [0.05, 0.1) is 24.1 Å². The molecule has 3 heterocycles. The Hall–Kier alpha value is -1.93. The fourth-order valence-electron chi connectivity index (χ4n) is 3.83. The fraction of sp³-hybridized carbons (Fsp3) is 0.706. The van der Waals surface area contributed by atoms with Crippen LogP contribution in [0.5, 0.6) is 0 Å². The van der Waals surface area contributed by atoms with E-state index in [4.69, 9.17) is 0 Å². The third-order valence-corrected chi connectivity index (χ3v) is 5.69. The Labute approximate surface area is 148 Å². The molecule has 25 heavy (non-hydrogen) atoms. The number of piperazine rings is 1. The molecular weight excluding hydrogens is 320 g/mol. The molecule has 0 aromatic carbocycles.